The number of aromatic amines is 1. The zero-order valence-electron chi connectivity index (χ0n) is 14.9. The summed E-state index contributed by atoms with van der Waals surface area (Å²) in [6.45, 7) is 0.736. The van der Waals surface area contributed by atoms with E-state index in [1.807, 2.05) is 41.3 Å². The maximum Gasteiger partial charge on any atom is 0.254 e. The number of amides is 1. The molecule has 0 radical (unpaired) electrons. The van der Waals surface area contributed by atoms with Gasteiger partial charge in [0.2, 0.25) is 0 Å². The van der Waals surface area contributed by atoms with Gasteiger partial charge < -0.3 is 19.4 Å². The lowest BCUT2D eigenvalue weighted by Crippen LogP contribution is -2.30. The third-order valence-electron chi connectivity index (χ3n) is 4.98. The van der Waals surface area contributed by atoms with Crippen LogP contribution in [0.4, 0.5) is 0 Å². The van der Waals surface area contributed by atoms with Crippen LogP contribution in [0.3, 0.4) is 0 Å². The predicted molar refractivity (Wildman–Crippen MR) is 98.7 cm³/mol. The Morgan fingerprint density at radius 3 is 2.88 bits per heavy atom. The van der Waals surface area contributed by atoms with E-state index in [1.54, 1.807) is 20.5 Å². The van der Waals surface area contributed by atoms with E-state index < -0.39 is 0 Å². The number of nitrogens with zero attached hydrogens (tertiary/aromatic N) is 2. The highest BCUT2D eigenvalue weighted by Gasteiger charge is 2.32. The lowest BCUT2D eigenvalue weighted by molar-refractivity contribution is 0.0734. The van der Waals surface area contributed by atoms with Crippen LogP contribution in [0.2, 0.25) is 0 Å². The third kappa shape index (κ3) is 2.77. The number of carbonyl (C=O) groups excluding carboxylic acids is 1. The summed E-state index contributed by atoms with van der Waals surface area (Å²) in [5.41, 5.74) is 3.41. The van der Waals surface area contributed by atoms with E-state index in [-0.39, 0.29) is 11.9 Å². The van der Waals surface area contributed by atoms with Crippen molar-refractivity contribution < 1.29 is 14.3 Å². The molecule has 1 N–H and O–H groups in total. The van der Waals surface area contributed by atoms with Crippen molar-refractivity contribution >= 4 is 16.9 Å². The summed E-state index contributed by atoms with van der Waals surface area (Å²) in [6.07, 6.45) is 3.53. The van der Waals surface area contributed by atoms with Crippen molar-refractivity contribution in [3.63, 3.8) is 0 Å². The van der Waals surface area contributed by atoms with Crippen LogP contribution in [-0.4, -0.2) is 41.5 Å². The van der Waals surface area contributed by atoms with E-state index in [0.29, 0.717) is 5.56 Å². The topological polar surface area (TPSA) is 67.5 Å². The summed E-state index contributed by atoms with van der Waals surface area (Å²) in [7, 11) is 3.27. The number of aromatic nitrogens is 2. The lowest BCUT2D eigenvalue weighted by atomic mass is 10.0. The molecular weight excluding hydrogens is 330 g/mol. The molecule has 134 valence electrons. The molecule has 1 atom stereocenters. The summed E-state index contributed by atoms with van der Waals surface area (Å²) in [4.78, 5) is 22.4. The summed E-state index contributed by atoms with van der Waals surface area (Å²) in [5.74, 6) is 1.52. The Labute approximate surface area is 151 Å². The number of hydrogen-bond acceptors (Lipinski definition) is 4. The number of hydrogen-bond donors (Lipinski definition) is 1. The van der Waals surface area contributed by atoms with Crippen LogP contribution in [0.25, 0.3) is 11.0 Å². The molecule has 6 nitrogen and oxygen atoms in total. The standard InChI is InChI=1S/C20H21N3O3/c1-25-14-6-7-15(19(11-14)26-2)18-4-3-9-23(18)20(24)13-5-8-16-17(10-13)22-12-21-16/h5-8,10-12,18H,3-4,9H2,1-2H3,(H,21,22). The molecule has 1 aliphatic rings. The van der Waals surface area contributed by atoms with Crippen LogP contribution in [-0.2, 0) is 0 Å². The van der Waals surface area contributed by atoms with Gasteiger partial charge in [0.1, 0.15) is 11.5 Å². The highest BCUT2D eigenvalue weighted by atomic mass is 16.5. The predicted octanol–water partition coefficient (Wildman–Crippen LogP) is 3.56. The Kier molecular flexibility index (Phi) is 4.24. The van der Waals surface area contributed by atoms with Crippen LogP contribution in [0.15, 0.2) is 42.7 Å². The summed E-state index contributed by atoms with van der Waals surface area (Å²) in [5, 5.41) is 0. The monoisotopic (exact) mass is 351 g/mol. The van der Waals surface area contributed by atoms with Gasteiger partial charge in [0.25, 0.3) is 5.91 Å². The SMILES string of the molecule is COc1ccc(C2CCCN2C(=O)c2ccc3nc[nH]c3c2)c(OC)c1. The van der Waals surface area contributed by atoms with E-state index in [2.05, 4.69) is 9.97 Å². The Bertz CT molecular complexity index is 950. The van der Waals surface area contributed by atoms with E-state index in [9.17, 15) is 4.79 Å². The number of carbonyl (C=O) groups is 1. The summed E-state index contributed by atoms with van der Waals surface area (Å²) >= 11 is 0. The number of benzene rings is 2. The van der Waals surface area contributed by atoms with Crippen LogP contribution < -0.4 is 9.47 Å². The van der Waals surface area contributed by atoms with Crippen LogP contribution in [0, 0.1) is 0 Å². The molecule has 2 aromatic carbocycles. The first kappa shape index (κ1) is 16.4. The molecule has 1 fully saturated rings. The highest BCUT2D eigenvalue weighted by molar-refractivity contribution is 5.97. The van der Waals surface area contributed by atoms with Crippen molar-refractivity contribution in [3.8, 4) is 11.5 Å². The van der Waals surface area contributed by atoms with Crippen molar-refractivity contribution in [2.75, 3.05) is 20.8 Å². The Balaban J connectivity index is 1.66. The van der Waals surface area contributed by atoms with Gasteiger partial charge in [-0.05, 0) is 43.2 Å². The molecule has 2 heterocycles. The van der Waals surface area contributed by atoms with E-state index in [1.165, 1.54) is 0 Å². The molecule has 1 aromatic heterocycles. The second-order valence-corrected chi connectivity index (χ2v) is 6.40. The van der Waals surface area contributed by atoms with E-state index in [0.717, 1.165) is 47.5 Å². The summed E-state index contributed by atoms with van der Waals surface area (Å²) < 4.78 is 10.8. The van der Waals surface area contributed by atoms with Crippen LogP contribution >= 0.6 is 0 Å². The molecule has 0 saturated carbocycles. The first-order valence-corrected chi connectivity index (χ1v) is 8.67. The summed E-state index contributed by atoms with van der Waals surface area (Å²) in [6, 6.07) is 11.4. The number of ether oxygens (including phenoxy) is 2. The fourth-order valence-electron chi connectivity index (χ4n) is 3.66. The molecule has 4 rings (SSSR count). The molecule has 1 unspecified atom stereocenters. The molecule has 3 aromatic rings. The number of rotatable bonds is 4. The van der Waals surface area contributed by atoms with E-state index in [4.69, 9.17) is 9.47 Å². The first-order valence-electron chi connectivity index (χ1n) is 8.67. The van der Waals surface area contributed by atoms with Gasteiger partial charge in [0.05, 0.1) is 37.6 Å². The second kappa shape index (κ2) is 6.71. The lowest BCUT2D eigenvalue weighted by Gasteiger charge is -2.26. The Morgan fingerprint density at radius 2 is 2.08 bits per heavy atom. The number of imidazole rings is 1. The molecule has 0 bridgehead atoms. The number of fused-ring (bicyclic) bond motifs is 1. The van der Waals surface area contributed by atoms with Crippen molar-refractivity contribution in [2.45, 2.75) is 18.9 Å². The average molecular weight is 351 g/mol. The van der Waals surface area contributed by atoms with Gasteiger partial charge in [-0.3, -0.25) is 4.79 Å². The maximum atomic E-state index is 13.1. The zero-order chi connectivity index (χ0) is 18.1. The van der Waals surface area contributed by atoms with E-state index >= 15 is 0 Å². The van der Waals surface area contributed by atoms with Gasteiger partial charge >= 0.3 is 0 Å². The quantitative estimate of drug-likeness (QED) is 0.780. The van der Waals surface area contributed by atoms with Gasteiger partial charge in [-0.1, -0.05) is 0 Å². The minimum Gasteiger partial charge on any atom is -0.497 e. The van der Waals surface area contributed by atoms with Crippen molar-refractivity contribution in [1.29, 1.82) is 0 Å². The third-order valence-corrected chi connectivity index (χ3v) is 4.98. The zero-order valence-corrected chi connectivity index (χ0v) is 14.9. The van der Waals surface area contributed by atoms with Gasteiger partial charge in [0.15, 0.2) is 0 Å². The number of nitrogens with one attached hydrogen (secondary N) is 1. The molecule has 1 amide bonds. The molecular formula is C20H21N3O3. The minimum atomic E-state index is 0.000759. The number of likely N-dealkylation sites (tertiary alicyclic amines) is 1. The maximum absolute atomic E-state index is 13.1. The molecule has 1 saturated heterocycles. The number of H-pyrrole nitrogens is 1. The normalized spacial score (nSPS) is 16.8. The smallest absolute Gasteiger partial charge is 0.254 e. The molecule has 0 aliphatic carbocycles. The molecule has 1 aliphatic heterocycles. The van der Waals surface area contributed by atoms with Gasteiger partial charge in [-0.2, -0.15) is 0 Å². The average Bonchev–Trinajstić information content (AvgIpc) is 3.35. The van der Waals surface area contributed by atoms with Crippen molar-refractivity contribution in [3.05, 3.63) is 53.9 Å². The Morgan fingerprint density at radius 1 is 1.19 bits per heavy atom. The van der Waals surface area contributed by atoms with Crippen LogP contribution in [0.5, 0.6) is 11.5 Å². The van der Waals surface area contributed by atoms with Gasteiger partial charge in [0, 0.05) is 23.7 Å². The molecule has 6 heteroatoms. The molecule has 0 spiro atoms. The van der Waals surface area contributed by atoms with Crippen molar-refractivity contribution in [1.82, 2.24) is 14.9 Å². The van der Waals surface area contributed by atoms with Gasteiger partial charge in [-0.25, -0.2) is 4.98 Å². The minimum absolute atomic E-state index is 0.000759. The Hall–Kier alpha value is -3.02. The van der Waals surface area contributed by atoms with Crippen LogP contribution in [0.1, 0.15) is 34.8 Å². The second-order valence-electron chi connectivity index (χ2n) is 6.40. The molecule has 26 heavy (non-hydrogen) atoms. The highest BCUT2D eigenvalue weighted by Crippen LogP contribution is 2.39. The van der Waals surface area contributed by atoms with Gasteiger partial charge in [-0.15, -0.1) is 0 Å². The fourth-order valence-corrected chi connectivity index (χ4v) is 3.66. The van der Waals surface area contributed by atoms with Crippen molar-refractivity contribution in [2.24, 2.45) is 0 Å². The fraction of sp³-hybridized carbons (Fsp3) is 0.300. The first-order chi connectivity index (χ1) is 12.7. The largest absolute Gasteiger partial charge is 0.497 e. The number of methoxy groups -OCH3 is 2.